The van der Waals surface area contributed by atoms with Gasteiger partial charge in [-0.05, 0) is 23.8 Å². The van der Waals surface area contributed by atoms with Crippen molar-refractivity contribution in [3.05, 3.63) is 42.7 Å². The Balaban J connectivity index is 2.44. The van der Waals surface area contributed by atoms with E-state index in [0.29, 0.717) is 0 Å². The summed E-state index contributed by atoms with van der Waals surface area (Å²) in [5, 5.41) is 18.3. The average Bonchev–Trinajstić information content (AvgIpc) is 2.19. The van der Waals surface area contributed by atoms with Crippen LogP contribution < -0.4 is 0 Å². The van der Waals surface area contributed by atoms with Crippen LogP contribution in [0.2, 0.25) is 0 Å². The van der Waals surface area contributed by atoms with Crippen LogP contribution >= 0.6 is 0 Å². The molecule has 0 amide bonds. The van der Waals surface area contributed by atoms with E-state index in [1.165, 1.54) is 6.20 Å². The Kier molecular flexibility index (Phi) is 2.07. The predicted octanol–water partition coefficient (Wildman–Crippen LogP) is 2.16. The van der Waals surface area contributed by atoms with Crippen LogP contribution in [-0.4, -0.2) is 15.2 Å². The number of pyridine rings is 1. The van der Waals surface area contributed by atoms with Gasteiger partial charge < -0.3 is 10.2 Å². The van der Waals surface area contributed by atoms with Gasteiger partial charge in [-0.15, -0.1) is 0 Å². The number of nitrogens with zero attached hydrogens (tertiary/aromatic N) is 1. The molecule has 0 bridgehead atoms. The lowest BCUT2D eigenvalue weighted by molar-refractivity contribution is 0.473. The molecule has 0 aliphatic rings. The highest BCUT2D eigenvalue weighted by atomic mass is 16.3. The van der Waals surface area contributed by atoms with Gasteiger partial charge in [-0.3, -0.25) is 4.98 Å². The number of benzene rings is 1. The normalized spacial score (nSPS) is 10.0. The summed E-state index contributed by atoms with van der Waals surface area (Å²) >= 11 is 0. The van der Waals surface area contributed by atoms with E-state index >= 15 is 0 Å². The number of aromatic hydroxyl groups is 2. The lowest BCUT2D eigenvalue weighted by atomic mass is 10.1. The van der Waals surface area contributed by atoms with Gasteiger partial charge >= 0.3 is 0 Å². The number of rotatable bonds is 1. The van der Waals surface area contributed by atoms with Crippen molar-refractivity contribution in [2.45, 2.75) is 0 Å². The molecular formula is C11H9NO2. The standard InChI is InChI=1S/C11H9NO2/c13-10-3-1-8(2-4-10)9-5-11(14)7-12-6-9/h1-7,13-14H. The third-order valence-corrected chi connectivity index (χ3v) is 1.92. The molecule has 0 saturated carbocycles. The number of phenols is 1. The molecule has 2 rings (SSSR count). The van der Waals surface area contributed by atoms with Gasteiger partial charge in [0.25, 0.3) is 0 Å². The van der Waals surface area contributed by atoms with E-state index in [0.717, 1.165) is 11.1 Å². The van der Waals surface area contributed by atoms with Crippen LogP contribution in [0.25, 0.3) is 11.1 Å². The molecule has 0 unspecified atom stereocenters. The van der Waals surface area contributed by atoms with E-state index in [1.807, 2.05) is 0 Å². The second kappa shape index (κ2) is 3.38. The van der Waals surface area contributed by atoms with Crippen LogP contribution in [0.5, 0.6) is 11.5 Å². The van der Waals surface area contributed by atoms with Crippen LogP contribution in [0.1, 0.15) is 0 Å². The maximum atomic E-state index is 9.22. The maximum absolute atomic E-state index is 9.22. The Labute approximate surface area is 81.3 Å². The Morgan fingerprint density at radius 3 is 2.14 bits per heavy atom. The second-order valence-electron chi connectivity index (χ2n) is 2.98. The van der Waals surface area contributed by atoms with E-state index in [2.05, 4.69) is 4.98 Å². The molecule has 2 aromatic rings. The van der Waals surface area contributed by atoms with Crippen LogP contribution in [0.4, 0.5) is 0 Å². The van der Waals surface area contributed by atoms with Crippen molar-refractivity contribution in [1.29, 1.82) is 0 Å². The topological polar surface area (TPSA) is 53.4 Å². The molecule has 0 aliphatic heterocycles. The number of hydrogen-bond donors (Lipinski definition) is 2. The fourth-order valence-electron chi connectivity index (χ4n) is 1.24. The molecule has 0 atom stereocenters. The van der Waals surface area contributed by atoms with Crippen molar-refractivity contribution in [1.82, 2.24) is 4.98 Å². The molecular weight excluding hydrogens is 178 g/mol. The summed E-state index contributed by atoms with van der Waals surface area (Å²) in [7, 11) is 0. The summed E-state index contributed by atoms with van der Waals surface area (Å²) in [6.07, 6.45) is 3.04. The minimum absolute atomic E-state index is 0.135. The van der Waals surface area contributed by atoms with E-state index in [-0.39, 0.29) is 11.5 Å². The molecule has 0 radical (unpaired) electrons. The summed E-state index contributed by atoms with van der Waals surface area (Å²) in [5.74, 6) is 0.359. The summed E-state index contributed by atoms with van der Waals surface area (Å²) < 4.78 is 0. The maximum Gasteiger partial charge on any atom is 0.134 e. The van der Waals surface area contributed by atoms with Gasteiger partial charge in [0.15, 0.2) is 0 Å². The zero-order chi connectivity index (χ0) is 9.97. The van der Waals surface area contributed by atoms with Gasteiger partial charge in [-0.1, -0.05) is 12.1 Å². The van der Waals surface area contributed by atoms with Crippen LogP contribution in [0, 0.1) is 0 Å². The van der Waals surface area contributed by atoms with Crippen molar-refractivity contribution in [3.63, 3.8) is 0 Å². The Morgan fingerprint density at radius 2 is 1.50 bits per heavy atom. The van der Waals surface area contributed by atoms with E-state index in [1.54, 1.807) is 36.5 Å². The third-order valence-electron chi connectivity index (χ3n) is 1.92. The second-order valence-corrected chi connectivity index (χ2v) is 2.98. The Morgan fingerprint density at radius 1 is 0.786 bits per heavy atom. The fourth-order valence-corrected chi connectivity index (χ4v) is 1.24. The molecule has 14 heavy (non-hydrogen) atoms. The highest BCUT2D eigenvalue weighted by Gasteiger charge is 1.98. The van der Waals surface area contributed by atoms with Crippen LogP contribution in [-0.2, 0) is 0 Å². The zero-order valence-corrected chi connectivity index (χ0v) is 7.38. The summed E-state index contributed by atoms with van der Waals surface area (Å²) in [4.78, 5) is 3.87. The van der Waals surface area contributed by atoms with Crippen molar-refractivity contribution < 1.29 is 10.2 Å². The number of hydrogen-bond acceptors (Lipinski definition) is 3. The largest absolute Gasteiger partial charge is 0.508 e. The third kappa shape index (κ3) is 1.66. The molecule has 1 heterocycles. The van der Waals surface area contributed by atoms with Gasteiger partial charge in [0.2, 0.25) is 0 Å². The van der Waals surface area contributed by atoms with Gasteiger partial charge in [0, 0.05) is 11.8 Å². The molecule has 0 fully saturated rings. The van der Waals surface area contributed by atoms with Gasteiger partial charge in [0.1, 0.15) is 11.5 Å². The van der Waals surface area contributed by atoms with E-state index in [9.17, 15) is 5.11 Å². The lowest BCUT2D eigenvalue weighted by Crippen LogP contribution is -1.79. The molecule has 1 aromatic carbocycles. The number of aromatic nitrogens is 1. The molecule has 0 spiro atoms. The predicted molar refractivity (Wildman–Crippen MR) is 53.0 cm³/mol. The van der Waals surface area contributed by atoms with Crippen molar-refractivity contribution in [2.24, 2.45) is 0 Å². The first kappa shape index (κ1) is 8.56. The van der Waals surface area contributed by atoms with Crippen molar-refractivity contribution >= 4 is 0 Å². The SMILES string of the molecule is Oc1ccc(-c2cncc(O)c2)cc1. The molecule has 0 saturated heterocycles. The molecule has 3 nitrogen and oxygen atoms in total. The molecule has 0 aliphatic carbocycles. The summed E-state index contributed by atoms with van der Waals surface area (Å²) in [5.41, 5.74) is 1.73. The van der Waals surface area contributed by atoms with Crippen LogP contribution in [0.15, 0.2) is 42.7 Å². The van der Waals surface area contributed by atoms with Gasteiger partial charge in [0.05, 0.1) is 6.20 Å². The van der Waals surface area contributed by atoms with Gasteiger partial charge in [-0.2, -0.15) is 0 Å². The first-order valence-electron chi connectivity index (χ1n) is 4.19. The zero-order valence-electron chi connectivity index (χ0n) is 7.38. The first-order valence-corrected chi connectivity index (χ1v) is 4.19. The summed E-state index contributed by atoms with van der Waals surface area (Å²) in [6, 6.07) is 8.36. The molecule has 70 valence electrons. The minimum atomic E-state index is 0.135. The van der Waals surface area contributed by atoms with Crippen LogP contribution in [0.3, 0.4) is 0 Å². The summed E-state index contributed by atoms with van der Waals surface area (Å²) in [6.45, 7) is 0. The lowest BCUT2D eigenvalue weighted by Gasteiger charge is -2.01. The Hall–Kier alpha value is -2.03. The minimum Gasteiger partial charge on any atom is -0.508 e. The molecule has 3 heteroatoms. The van der Waals surface area contributed by atoms with E-state index in [4.69, 9.17) is 5.11 Å². The highest BCUT2D eigenvalue weighted by Crippen LogP contribution is 2.23. The van der Waals surface area contributed by atoms with Crippen molar-refractivity contribution in [2.75, 3.05) is 0 Å². The van der Waals surface area contributed by atoms with E-state index < -0.39 is 0 Å². The quantitative estimate of drug-likeness (QED) is 0.719. The monoisotopic (exact) mass is 187 g/mol. The van der Waals surface area contributed by atoms with Crippen molar-refractivity contribution in [3.8, 4) is 22.6 Å². The van der Waals surface area contributed by atoms with Gasteiger partial charge in [-0.25, -0.2) is 0 Å². The number of phenolic OH excluding ortho intramolecular Hbond substituents is 1. The Bertz CT molecular complexity index is 437. The average molecular weight is 187 g/mol. The smallest absolute Gasteiger partial charge is 0.134 e. The highest BCUT2D eigenvalue weighted by molar-refractivity contribution is 5.64. The molecule has 2 N–H and O–H groups in total. The molecule has 1 aromatic heterocycles. The first-order chi connectivity index (χ1) is 6.75. The fraction of sp³-hybridized carbons (Fsp3) is 0.